The number of hydrogen-bond donors (Lipinski definition) is 1. The molecule has 148 valence electrons. The summed E-state index contributed by atoms with van der Waals surface area (Å²) in [4.78, 5) is 38.1. The molecule has 1 unspecified atom stereocenters. The summed E-state index contributed by atoms with van der Waals surface area (Å²) in [6, 6.07) is 3.68. The summed E-state index contributed by atoms with van der Waals surface area (Å²) in [7, 11) is 0. The van der Waals surface area contributed by atoms with Crippen LogP contribution in [-0.4, -0.2) is 58.4 Å². The first-order valence-electron chi connectivity index (χ1n) is 8.99. The lowest BCUT2D eigenvalue weighted by atomic mass is 10.1. The van der Waals surface area contributed by atoms with Crippen LogP contribution in [-0.2, 0) is 20.8 Å². The summed E-state index contributed by atoms with van der Waals surface area (Å²) in [5, 5.41) is 8.98. The normalized spacial score (nSPS) is 17.3. The Hall–Kier alpha value is -2.51. The second kappa shape index (κ2) is 9.43. The Balaban J connectivity index is 1.92. The first kappa shape index (κ1) is 20.8. The molecule has 1 N–H and O–H groups in total. The molecule has 1 heterocycles. The van der Waals surface area contributed by atoms with Crippen LogP contribution in [0.25, 0.3) is 0 Å². The second-order valence-electron chi connectivity index (χ2n) is 6.72. The van der Waals surface area contributed by atoms with Crippen molar-refractivity contribution in [3.05, 3.63) is 35.4 Å². The van der Waals surface area contributed by atoms with Crippen molar-refractivity contribution in [1.29, 1.82) is 0 Å². The number of carbonyl (C=O) groups excluding carboxylic acids is 2. The average Bonchev–Trinajstić information content (AvgIpc) is 2.86. The Bertz CT molecular complexity index is 711. The fourth-order valence-corrected chi connectivity index (χ4v) is 3.42. The number of carboxylic acid groups (broad SMARTS) is 1. The number of amides is 2. The van der Waals surface area contributed by atoms with Crippen molar-refractivity contribution >= 4 is 17.8 Å². The molecule has 0 saturated carbocycles. The molecule has 0 aromatic heterocycles. The van der Waals surface area contributed by atoms with Crippen molar-refractivity contribution in [3.8, 4) is 0 Å². The molecule has 1 aliphatic rings. The largest absolute Gasteiger partial charge is 0.480 e. The van der Waals surface area contributed by atoms with Crippen LogP contribution < -0.4 is 0 Å². The number of halogens is 2. The Morgan fingerprint density at radius 1 is 1.22 bits per heavy atom. The quantitative estimate of drug-likeness (QED) is 0.818. The van der Waals surface area contributed by atoms with Gasteiger partial charge >= 0.3 is 5.97 Å². The van der Waals surface area contributed by atoms with E-state index in [9.17, 15) is 23.2 Å². The second-order valence-corrected chi connectivity index (χ2v) is 6.72. The summed E-state index contributed by atoms with van der Waals surface area (Å²) < 4.78 is 26.9. The first-order chi connectivity index (χ1) is 12.8. The molecule has 0 radical (unpaired) electrons. The van der Waals surface area contributed by atoms with Gasteiger partial charge in [0.05, 0.1) is 0 Å². The zero-order valence-corrected chi connectivity index (χ0v) is 15.3. The van der Waals surface area contributed by atoms with Gasteiger partial charge in [0.15, 0.2) is 11.6 Å². The molecule has 2 amide bonds. The fraction of sp³-hybridized carbons (Fsp3) is 0.526. The third kappa shape index (κ3) is 5.74. The van der Waals surface area contributed by atoms with E-state index in [2.05, 4.69) is 0 Å². The lowest BCUT2D eigenvalue weighted by Gasteiger charge is -2.28. The molecule has 1 atom stereocenters. The first-order valence-corrected chi connectivity index (χ1v) is 8.99. The summed E-state index contributed by atoms with van der Waals surface area (Å²) in [5.74, 6) is -3.39. The SMILES string of the molecule is CC(=O)N(CC(=O)O)C1CCCN(C(=O)CCc2cccc(F)c2F)CC1. The molecular formula is C19H24F2N2O4. The van der Waals surface area contributed by atoms with E-state index in [0.29, 0.717) is 32.4 Å². The van der Waals surface area contributed by atoms with Crippen molar-refractivity contribution in [3.63, 3.8) is 0 Å². The van der Waals surface area contributed by atoms with Crippen LogP contribution in [0.2, 0.25) is 0 Å². The molecule has 27 heavy (non-hydrogen) atoms. The smallest absolute Gasteiger partial charge is 0.323 e. The van der Waals surface area contributed by atoms with E-state index < -0.39 is 17.6 Å². The highest BCUT2D eigenvalue weighted by Crippen LogP contribution is 2.19. The zero-order chi connectivity index (χ0) is 20.0. The van der Waals surface area contributed by atoms with Crippen LogP contribution in [0.1, 0.15) is 38.2 Å². The monoisotopic (exact) mass is 382 g/mol. The van der Waals surface area contributed by atoms with Gasteiger partial charge in [-0.25, -0.2) is 8.78 Å². The Morgan fingerprint density at radius 2 is 1.96 bits per heavy atom. The van der Waals surface area contributed by atoms with Gasteiger partial charge in [0.2, 0.25) is 11.8 Å². The Morgan fingerprint density at radius 3 is 2.63 bits per heavy atom. The summed E-state index contributed by atoms with van der Waals surface area (Å²) in [5.41, 5.74) is 0.167. The van der Waals surface area contributed by atoms with Gasteiger partial charge in [0.1, 0.15) is 6.54 Å². The van der Waals surface area contributed by atoms with E-state index in [1.54, 1.807) is 4.90 Å². The molecule has 1 aromatic rings. The predicted molar refractivity (Wildman–Crippen MR) is 93.9 cm³/mol. The van der Waals surface area contributed by atoms with Crippen molar-refractivity contribution in [2.75, 3.05) is 19.6 Å². The van der Waals surface area contributed by atoms with Gasteiger partial charge in [-0.1, -0.05) is 12.1 Å². The summed E-state index contributed by atoms with van der Waals surface area (Å²) >= 11 is 0. The number of carbonyl (C=O) groups is 3. The maximum Gasteiger partial charge on any atom is 0.323 e. The Labute approximate surface area is 156 Å². The molecule has 0 aliphatic carbocycles. The topological polar surface area (TPSA) is 77.9 Å². The standard InChI is InChI=1S/C19H24F2N2O4/c1-13(24)23(12-18(26)27)15-5-3-10-22(11-9-15)17(25)8-7-14-4-2-6-16(20)19(14)21/h2,4,6,15H,3,5,7-12H2,1H3,(H,26,27). The minimum atomic E-state index is -1.07. The van der Waals surface area contributed by atoms with Crippen LogP contribution in [0.3, 0.4) is 0 Å². The van der Waals surface area contributed by atoms with E-state index in [1.165, 1.54) is 24.0 Å². The minimum absolute atomic E-state index is 0.0661. The number of rotatable bonds is 6. The van der Waals surface area contributed by atoms with Crippen molar-refractivity contribution in [2.24, 2.45) is 0 Å². The van der Waals surface area contributed by atoms with Crippen LogP contribution in [0.15, 0.2) is 18.2 Å². The van der Waals surface area contributed by atoms with Crippen molar-refractivity contribution in [1.82, 2.24) is 9.80 Å². The lowest BCUT2D eigenvalue weighted by molar-refractivity contribution is -0.145. The van der Waals surface area contributed by atoms with Crippen molar-refractivity contribution in [2.45, 2.75) is 45.1 Å². The number of nitrogens with zero attached hydrogens (tertiary/aromatic N) is 2. The Kier molecular flexibility index (Phi) is 7.27. The summed E-state index contributed by atoms with van der Waals surface area (Å²) in [6.45, 7) is 1.88. The number of hydrogen-bond acceptors (Lipinski definition) is 3. The van der Waals surface area contributed by atoms with E-state index >= 15 is 0 Å². The molecule has 6 nitrogen and oxygen atoms in total. The van der Waals surface area contributed by atoms with E-state index in [1.807, 2.05) is 0 Å². The molecule has 1 fully saturated rings. The van der Waals surface area contributed by atoms with Crippen molar-refractivity contribution < 1.29 is 28.3 Å². The molecule has 0 bridgehead atoms. The molecule has 1 aromatic carbocycles. The molecular weight excluding hydrogens is 358 g/mol. The van der Waals surface area contributed by atoms with Crippen LogP contribution in [0.5, 0.6) is 0 Å². The molecule has 2 rings (SSSR count). The highest BCUT2D eigenvalue weighted by molar-refractivity contribution is 5.80. The number of carboxylic acids is 1. The zero-order valence-electron chi connectivity index (χ0n) is 15.3. The van der Waals surface area contributed by atoms with E-state index in [-0.39, 0.29) is 42.8 Å². The molecule has 0 spiro atoms. The maximum absolute atomic E-state index is 13.7. The highest BCUT2D eigenvalue weighted by Gasteiger charge is 2.27. The van der Waals surface area contributed by atoms with E-state index in [0.717, 1.165) is 6.07 Å². The van der Waals surface area contributed by atoms with E-state index in [4.69, 9.17) is 5.11 Å². The van der Waals surface area contributed by atoms with Crippen LogP contribution in [0, 0.1) is 11.6 Å². The van der Waals surface area contributed by atoms with Gasteiger partial charge in [-0.15, -0.1) is 0 Å². The number of benzene rings is 1. The van der Waals surface area contributed by atoms with Gasteiger partial charge in [0.25, 0.3) is 0 Å². The van der Waals surface area contributed by atoms with Gasteiger partial charge in [0, 0.05) is 32.5 Å². The maximum atomic E-state index is 13.7. The molecule has 1 aliphatic heterocycles. The van der Waals surface area contributed by atoms with Crippen LogP contribution in [0.4, 0.5) is 8.78 Å². The van der Waals surface area contributed by atoms with Crippen LogP contribution >= 0.6 is 0 Å². The third-order valence-corrected chi connectivity index (χ3v) is 4.84. The van der Waals surface area contributed by atoms with Gasteiger partial charge in [-0.3, -0.25) is 14.4 Å². The fourth-order valence-electron chi connectivity index (χ4n) is 3.42. The lowest BCUT2D eigenvalue weighted by Crippen LogP contribution is -2.43. The summed E-state index contributed by atoms with van der Waals surface area (Å²) in [6.07, 6.45) is 1.94. The van der Waals surface area contributed by atoms with Gasteiger partial charge in [-0.2, -0.15) is 0 Å². The minimum Gasteiger partial charge on any atom is -0.480 e. The number of aryl methyl sites for hydroxylation is 1. The number of likely N-dealkylation sites (tertiary alicyclic amines) is 1. The highest BCUT2D eigenvalue weighted by atomic mass is 19.2. The third-order valence-electron chi connectivity index (χ3n) is 4.84. The number of aliphatic carboxylic acids is 1. The van der Waals surface area contributed by atoms with Gasteiger partial charge in [-0.05, 0) is 37.3 Å². The molecule has 1 saturated heterocycles. The predicted octanol–water partition coefficient (Wildman–Crippen LogP) is 2.21. The average molecular weight is 382 g/mol. The molecule has 8 heteroatoms. The van der Waals surface area contributed by atoms with Gasteiger partial charge < -0.3 is 14.9 Å².